The lowest BCUT2D eigenvalue weighted by atomic mass is 10.2. The molecule has 1 aromatic rings. The summed E-state index contributed by atoms with van der Waals surface area (Å²) in [5.74, 6) is 0. The van der Waals surface area contributed by atoms with Crippen LogP contribution >= 0.6 is 0 Å². The largest absolute Gasteiger partial charge is 0.265 e. The van der Waals surface area contributed by atoms with E-state index in [-0.39, 0.29) is 0 Å². The molecule has 0 bridgehead atoms. The van der Waals surface area contributed by atoms with Crippen LogP contribution in [0.3, 0.4) is 0 Å². The highest BCUT2D eigenvalue weighted by molar-refractivity contribution is 6.09. The lowest BCUT2D eigenvalue weighted by Crippen LogP contribution is -1.88. The van der Waals surface area contributed by atoms with Gasteiger partial charge < -0.3 is 0 Å². The molecule has 0 unspecified atom stereocenters. The third kappa shape index (κ3) is 2.83. The third-order valence-corrected chi connectivity index (χ3v) is 1.58. The van der Waals surface area contributed by atoms with Crippen LogP contribution in [0.1, 0.15) is 5.69 Å². The van der Waals surface area contributed by atoms with E-state index in [9.17, 15) is 0 Å². The number of nitrogens with zero attached hydrogens (tertiary/aromatic N) is 2. The van der Waals surface area contributed by atoms with Crippen molar-refractivity contribution in [2.24, 2.45) is 4.99 Å². The van der Waals surface area contributed by atoms with Crippen molar-refractivity contribution < 1.29 is 0 Å². The van der Waals surface area contributed by atoms with Crippen LogP contribution in [0.4, 0.5) is 0 Å². The average Bonchev–Trinajstić information content (AvgIpc) is 2.25. The molecule has 0 fully saturated rings. The highest BCUT2D eigenvalue weighted by Gasteiger charge is 1.96. The van der Waals surface area contributed by atoms with Crippen molar-refractivity contribution in [3.05, 3.63) is 61.6 Å². The quantitative estimate of drug-likeness (QED) is 0.521. The number of aromatic nitrogens is 1. The van der Waals surface area contributed by atoms with Crippen LogP contribution in [0.5, 0.6) is 0 Å². The van der Waals surface area contributed by atoms with E-state index in [4.69, 9.17) is 0 Å². The van der Waals surface area contributed by atoms with Gasteiger partial charge in [-0.05, 0) is 12.1 Å². The molecule has 70 valence electrons. The summed E-state index contributed by atoms with van der Waals surface area (Å²) >= 11 is 0. The van der Waals surface area contributed by atoms with Gasteiger partial charge in [-0.2, -0.15) is 0 Å². The first kappa shape index (κ1) is 10.1. The molecular formula is C12H12N2. The summed E-state index contributed by atoms with van der Waals surface area (Å²) in [6, 6.07) is 5.73. The maximum absolute atomic E-state index is 4.21. The fourth-order valence-electron chi connectivity index (χ4n) is 0.988. The van der Waals surface area contributed by atoms with Crippen LogP contribution in [0, 0.1) is 0 Å². The van der Waals surface area contributed by atoms with E-state index < -0.39 is 0 Å². The normalized spacial score (nSPS) is 11.6. The van der Waals surface area contributed by atoms with Crippen LogP contribution in [0.15, 0.2) is 60.9 Å². The highest BCUT2D eigenvalue weighted by atomic mass is 14.7. The molecule has 0 aromatic carbocycles. The molecule has 0 aliphatic rings. The summed E-state index contributed by atoms with van der Waals surface area (Å²) in [6.45, 7) is 7.16. The van der Waals surface area contributed by atoms with Crippen molar-refractivity contribution in [1.82, 2.24) is 4.98 Å². The second-order valence-corrected chi connectivity index (χ2v) is 2.53. The molecule has 0 radical (unpaired) electrons. The van der Waals surface area contributed by atoms with E-state index in [0.717, 1.165) is 11.3 Å². The Balaban J connectivity index is 3.01. The minimum absolute atomic E-state index is 0.873. The Morgan fingerprint density at radius 1 is 1.36 bits per heavy atom. The van der Waals surface area contributed by atoms with Gasteiger partial charge in [0, 0.05) is 24.2 Å². The summed E-state index contributed by atoms with van der Waals surface area (Å²) in [6.07, 6.45) is 8.50. The fourth-order valence-corrected chi connectivity index (χ4v) is 0.988. The molecule has 0 aliphatic carbocycles. The Kier molecular flexibility index (Phi) is 4.08. The standard InChI is InChI=1S/C12H12N2/c1-3-7-11(10-13-4-2)12-8-5-6-9-14-12/h3-10H,1-2H2/b11-7+,13-10-. The van der Waals surface area contributed by atoms with E-state index in [2.05, 4.69) is 23.1 Å². The van der Waals surface area contributed by atoms with Gasteiger partial charge in [0.2, 0.25) is 0 Å². The molecule has 0 saturated carbocycles. The average molecular weight is 184 g/mol. The molecule has 1 rings (SSSR count). The van der Waals surface area contributed by atoms with Gasteiger partial charge in [-0.1, -0.05) is 31.4 Å². The zero-order chi connectivity index (χ0) is 10.2. The second kappa shape index (κ2) is 5.65. The summed E-state index contributed by atoms with van der Waals surface area (Å²) in [5.41, 5.74) is 1.79. The molecule has 14 heavy (non-hydrogen) atoms. The predicted molar refractivity (Wildman–Crippen MR) is 61.1 cm³/mol. The number of pyridine rings is 1. The van der Waals surface area contributed by atoms with Crippen molar-refractivity contribution in [3.8, 4) is 0 Å². The van der Waals surface area contributed by atoms with Crippen molar-refractivity contribution in [1.29, 1.82) is 0 Å². The second-order valence-electron chi connectivity index (χ2n) is 2.53. The Morgan fingerprint density at radius 3 is 2.79 bits per heavy atom. The highest BCUT2D eigenvalue weighted by Crippen LogP contribution is 2.08. The van der Waals surface area contributed by atoms with E-state index in [1.54, 1.807) is 18.5 Å². The SMILES string of the molecule is C=C/C=C(\C=N/C=C)c1ccccn1. The Labute approximate surface area is 84.0 Å². The number of aliphatic imine (C=N–C) groups is 1. The van der Waals surface area contributed by atoms with E-state index >= 15 is 0 Å². The van der Waals surface area contributed by atoms with Crippen molar-refractivity contribution in [2.45, 2.75) is 0 Å². The van der Waals surface area contributed by atoms with Gasteiger partial charge in [0.15, 0.2) is 0 Å². The van der Waals surface area contributed by atoms with Gasteiger partial charge in [0.1, 0.15) is 0 Å². The molecule has 0 aliphatic heterocycles. The van der Waals surface area contributed by atoms with Crippen molar-refractivity contribution in [2.75, 3.05) is 0 Å². The van der Waals surface area contributed by atoms with Gasteiger partial charge in [-0.25, -0.2) is 0 Å². The van der Waals surface area contributed by atoms with Gasteiger partial charge in [0.25, 0.3) is 0 Å². The molecule has 0 N–H and O–H groups in total. The Morgan fingerprint density at radius 2 is 2.21 bits per heavy atom. The zero-order valence-electron chi connectivity index (χ0n) is 7.93. The smallest absolute Gasteiger partial charge is 0.0717 e. The zero-order valence-corrected chi connectivity index (χ0v) is 7.93. The fraction of sp³-hybridized carbons (Fsp3) is 0. The van der Waals surface area contributed by atoms with Crippen LogP contribution in [0.2, 0.25) is 0 Å². The monoisotopic (exact) mass is 184 g/mol. The molecule has 0 saturated heterocycles. The molecule has 1 heterocycles. The van der Waals surface area contributed by atoms with Crippen LogP contribution < -0.4 is 0 Å². The number of hydrogen-bond acceptors (Lipinski definition) is 2. The number of allylic oxidation sites excluding steroid dienone is 3. The van der Waals surface area contributed by atoms with Gasteiger partial charge in [-0.3, -0.25) is 9.98 Å². The van der Waals surface area contributed by atoms with Crippen molar-refractivity contribution >= 4 is 11.8 Å². The minimum Gasteiger partial charge on any atom is -0.265 e. The predicted octanol–water partition coefficient (Wildman–Crippen LogP) is 2.87. The first-order valence-corrected chi connectivity index (χ1v) is 4.26. The first-order valence-electron chi connectivity index (χ1n) is 4.26. The molecular weight excluding hydrogens is 172 g/mol. The molecule has 1 aromatic heterocycles. The number of hydrogen-bond donors (Lipinski definition) is 0. The summed E-state index contributed by atoms with van der Waals surface area (Å²) in [7, 11) is 0. The third-order valence-electron chi connectivity index (χ3n) is 1.58. The molecule has 0 atom stereocenters. The maximum Gasteiger partial charge on any atom is 0.0717 e. The summed E-state index contributed by atoms with van der Waals surface area (Å²) < 4.78 is 0. The van der Waals surface area contributed by atoms with Crippen LogP contribution in [-0.4, -0.2) is 11.2 Å². The van der Waals surface area contributed by atoms with Crippen LogP contribution in [0.25, 0.3) is 5.57 Å². The lowest BCUT2D eigenvalue weighted by molar-refractivity contribution is 1.29. The molecule has 2 heteroatoms. The first-order chi connectivity index (χ1) is 6.88. The molecule has 0 spiro atoms. The van der Waals surface area contributed by atoms with Gasteiger partial charge in [0.05, 0.1) is 5.69 Å². The maximum atomic E-state index is 4.21. The van der Waals surface area contributed by atoms with E-state index in [1.807, 2.05) is 24.3 Å². The number of rotatable bonds is 4. The van der Waals surface area contributed by atoms with Gasteiger partial charge >= 0.3 is 0 Å². The van der Waals surface area contributed by atoms with Gasteiger partial charge in [-0.15, -0.1) is 0 Å². The van der Waals surface area contributed by atoms with Crippen molar-refractivity contribution in [3.63, 3.8) is 0 Å². The Bertz CT molecular complexity index is 361. The summed E-state index contributed by atoms with van der Waals surface area (Å²) in [5, 5.41) is 0. The molecule has 0 amide bonds. The van der Waals surface area contributed by atoms with E-state index in [1.165, 1.54) is 6.20 Å². The minimum atomic E-state index is 0.873. The molecule has 2 nitrogen and oxygen atoms in total. The Hall–Kier alpha value is -1.96. The lowest BCUT2D eigenvalue weighted by Gasteiger charge is -1.98. The topological polar surface area (TPSA) is 25.2 Å². The van der Waals surface area contributed by atoms with E-state index in [0.29, 0.717) is 0 Å². The summed E-state index contributed by atoms with van der Waals surface area (Å²) in [4.78, 5) is 8.16. The van der Waals surface area contributed by atoms with Crippen LogP contribution in [-0.2, 0) is 0 Å².